The zero-order valence-electron chi connectivity index (χ0n) is 13.8. The number of hydrogen-bond donors (Lipinski definition) is 4. The number of carboxylic acid groups (broad SMARTS) is 1. The molecule has 5 N–H and O–H groups in total. The van der Waals surface area contributed by atoms with Gasteiger partial charge in [-0.2, -0.15) is 0 Å². The van der Waals surface area contributed by atoms with E-state index in [4.69, 9.17) is 10.8 Å². The largest absolute Gasteiger partial charge is 0.480 e. The first kappa shape index (κ1) is 18.3. The van der Waals surface area contributed by atoms with E-state index in [1.807, 2.05) is 11.9 Å². The Morgan fingerprint density at radius 2 is 2.21 bits per heavy atom. The number of hydrazine groups is 1. The van der Waals surface area contributed by atoms with Crippen molar-refractivity contribution in [2.24, 2.45) is 11.7 Å². The molecule has 1 aromatic carbocycles. The molecule has 0 radical (unpaired) electrons. The molecule has 3 atom stereocenters. The van der Waals surface area contributed by atoms with E-state index in [1.54, 1.807) is 6.07 Å². The minimum atomic E-state index is -1.21. The molecule has 2 unspecified atom stereocenters. The van der Waals surface area contributed by atoms with Gasteiger partial charge < -0.3 is 16.2 Å². The third-order valence-electron chi connectivity index (χ3n) is 4.16. The fraction of sp³-hybridized carbons (Fsp3) is 0.500. The molecule has 2 rings (SSSR count). The number of rotatable bonds is 6. The van der Waals surface area contributed by atoms with Crippen molar-refractivity contribution < 1.29 is 19.1 Å². The van der Waals surface area contributed by atoms with Gasteiger partial charge in [0.2, 0.25) is 0 Å². The molecule has 0 aliphatic carbocycles. The average molecular weight is 338 g/mol. The molecule has 132 valence electrons. The van der Waals surface area contributed by atoms with E-state index in [0.29, 0.717) is 5.56 Å². The Morgan fingerprint density at radius 1 is 1.50 bits per heavy atom. The molecular weight excluding hydrogens is 315 g/mol. The lowest BCUT2D eigenvalue weighted by molar-refractivity contribution is -0.138. The molecule has 0 aromatic heterocycles. The number of benzene rings is 1. The summed E-state index contributed by atoms with van der Waals surface area (Å²) < 4.78 is 14.0. The van der Waals surface area contributed by atoms with Crippen molar-refractivity contribution in [3.63, 3.8) is 0 Å². The molecule has 7 nitrogen and oxygen atoms in total. The highest BCUT2D eigenvalue weighted by molar-refractivity contribution is 5.94. The molecular formula is C16H23FN4O3. The van der Waals surface area contributed by atoms with Crippen molar-refractivity contribution in [3.05, 3.63) is 35.1 Å². The van der Waals surface area contributed by atoms with E-state index < -0.39 is 23.7 Å². The number of hydrogen-bond acceptors (Lipinski definition) is 5. The quantitative estimate of drug-likeness (QED) is 0.601. The van der Waals surface area contributed by atoms with Crippen molar-refractivity contribution in [2.45, 2.75) is 25.9 Å². The minimum absolute atomic E-state index is 0.0291. The van der Waals surface area contributed by atoms with Crippen LogP contribution in [0.15, 0.2) is 18.2 Å². The van der Waals surface area contributed by atoms with Gasteiger partial charge in [-0.3, -0.25) is 15.0 Å². The van der Waals surface area contributed by atoms with Gasteiger partial charge in [-0.25, -0.2) is 9.40 Å². The standard InChI is InChI=1S/C16H23FN4O3/c1-3-21-14(9(2)7-20-21)10-4-11(6-12(17)5-10)15(22)19-8-13(18)16(23)24/h4-6,9,13-14,20H,3,7-8,18H2,1-2H3,(H,19,22)(H,23,24)/t9?,13-,14?/m1/s1. The first-order valence-corrected chi connectivity index (χ1v) is 7.90. The Kier molecular flexibility index (Phi) is 5.87. The summed E-state index contributed by atoms with van der Waals surface area (Å²) in [7, 11) is 0. The number of carbonyl (C=O) groups excluding carboxylic acids is 1. The van der Waals surface area contributed by atoms with Gasteiger partial charge >= 0.3 is 5.97 Å². The summed E-state index contributed by atoms with van der Waals surface area (Å²) in [4.78, 5) is 22.9. The second-order valence-corrected chi connectivity index (χ2v) is 6.00. The summed E-state index contributed by atoms with van der Waals surface area (Å²) in [6, 6.07) is 2.97. The summed E-state index contributed by atoms with van der Waals surface area (Å²) in [5, 5.41) is 13.2. The Hall–Kier alpha value is -2.03. The molecule has 0 bridgehead atoms. The molecule has 0 saturated carbocycles. The van der Waals surface area contributed by atoms with Crippen LogP contribution in [0.3, 0.4) is 0 Å². The highest BCUT2D eigenvalue weighted by Crippen LogP contribution is 2.32. The van der Waals surface area contributed by atoms with Crippen LogP contribution >= 0.6 is 0 Å². The van der Waals surface area contributed by atoms with Gasteiger partial charge in [0.15, 0.2) is 0 Å². The average Bonchev–Trinajstić information content (AvgIpc) is 2.92. The van der Waals surface area contributed by atoms with Crippen LogP contribution < -0.4 is 16.5 Å². The predicted molar refractivity (Wildman–Crippen MR) is 86.6 cm³/mol. The molecule has 1 amide bonds. The fourth-order valence-electron chi connectivity index (χ4n) is 2.90. The van der Waals surface area contributed by atoms with E-state index >= 15 is 0 Å². The second-order valence-electron chi connectivity index (χ2n) is 6.00. The molecule has 8 heteroatoms. The topological polar surface area (TPSA) is 108 Å². The normalized spacial score (nSPS) is 22.3. The number of amides is 1. The number of nitrogens with zero attached hydrogens (tertiary/aromatic N) is 1. The lowest BCUT2D eigenvalue weighted by Crippen LogP contribution is -2.42. The highest BCUT2D eigenvalue weighted by Gasteiger charge is 2.32. The Bertz CT molecular complexity index is 625. The molecule has 1 saturated heterocycles. The summed E-state index contributed by atoms with van der Waals surface area (Å²) >= 11 is 0. The van der Waals surface area contributed by atoms with Crippen LogP contribution in [0.1, 0.15) is 35.8 Å². The maximum Gasteiger partial charge on any atom is 0.322 e. The van der Waals surface area contributed by atoms with Crippen LogP contribution in [0.4, 0.5) is 4.39 Å². The van der Waals surface area contributed by atoms with E-state index in [-0.39, 0.29) is 24.1 Å². The van der Waals surface area contributed by atoms with Crippen molar-refractivity contribution in [1.29, 1.82) is 0 Å². The van der Waals surface area contributed by atoms with Crippen LogP contribution in [-0.4, -0.2) is 47.7 Å². The summed E-state index contributed by atoms with van der Waals surface area (Å²) in [5.41, 5.74) is 9.47. The van der Waals surface area contributed by atoms with Crippen LogP contribution in [0.25, 0.3) is 0 Å². The molecule has 1 fully saturated rings. The van der Waals surface area contributed by atoms with Gasteiger partial charge in [0.1, 0.15) is 11.9 Å². The van der Waals surface area contributed by atoms with E-state index in [1.165, 1.54) is 6.07 Å². The number of nitrogens with one attached hydrogen (secondary N) is 2. The number of carboxylic acids is 1. The first-order chi connectivity index (χ1) is 11.3. The van der Waals surface area contributed by atoms with Gasteiger partial charge in [0, 0.05) is 25.2 Å². The molecule has 1 aliphatic rings. The third kappa shape index (κ3) is 4.08. The number of aliphatic carboxylic acids is 1. The first-order valence-electron chi connectivity index (χ1n) is 7.90. The Balaban J connectivity index is 2.19. The zero-order chi connectivity index (χ0) is 17.9. The molecule has 1 heterocycles. The van der Waals surface area contributed by atoms with Crippen molar-refractivity contribution in [2.75, 3.05) is 19.6 Å². The van der Waals surface area contributed by atoms with Gasteiger partial charge in [-0.1, -0.05) is 13.8 Å². The van der Waals surface area contributed by atoms with Gasteiger partial charge in [-0.15, -0.1) is 0 Å². The van der Waals surface area contributed by atoms with E-state index in [0.717, 1.165) is 19.2 Å². The lowest BCUT2D eigenvalue weighted by atomic mass is 9.94. The van der Waals surface area contributed by atoms with Crippen LogP contribution in [-0.2, 0) is 4.79 Å². The fourth-order valence-corrected chi connectivity index (χ4v) is 2.90. The van der Waals surface area contributed by atoms with Crippen molar-refractivity contribution >= 4 is 11.9 Å². The van der Waals surface area contributed by atoms with Crippen LogP contribution in [0, 0.1) is 11.7 Å². The Labute approximate surface area is 140 Å². The van der Waals surface area contributed by atoms with Gasteiger partial charge in [0.25, 0.3) is 5.91 Å². The second kappa shape index (κ2) is 7.69. The van der Waals surface area contributed by atoms with Crippen LogP contribution in [0.2, 0.25) is 0 Å². The van der Waals surface area contributed by atoms with E-state index in [9.17, 15) is 14.0 Å². The zero-order valence-corrected chi connectivity index (χ0v) is 13.8. The smallest absolute Gasteiger partial charge is 0.322 e. The maximum atomic E-state index is 14.0. The number of nitrogens with two attached hydrogens (primary N) is 1. The summed E-state index contributed by atoms with van der Waals surface area (Å²) in [5.74, 6) is -1.99. The van der Waals surface area contributed by atoms with E-state index in [2.05, 4.69) is 17.7 Å². The van der Waals surface area contributed by atoms with Gasteiger partial charge in [0.05, 0.1) is 6.04 Å². The number of carbonyl (C=O) groups is 2. The van der Waals surface area contributed by atoms with Crippen LogP contribution in [0.5, 0.6) is 0 Å². The predicted octanol–water partition coefficient (Wildman–Crippen LogP) is 0.485. The minimum Gasteiger partial charge on any atom is -0.480 e. The van der Waals surface area contributed by atoms with Crippen molar-refractivity contribution in [3.8, 4) is 0 Å². The SMILES string of the molecule is CCN1NCC(C)C1c1cc(F)cc(C(=O)NC[C@@H](N)C(=O)O)c1. The molecule has 24 heavy (non-hydrogen) atoms. The van der Waals surface area contributed by atoms with Crippen molar-refractivity contribution in [1.82, 2.24) is 15.8 Å². The monoisotopic (exact) mass is 338 g/mol. The molecule has 1 aromatic rings. The molecule has 1 aliphatic heterocycles. The maximum absolute atomic E-state index is 14.0. The number of halogens is 1. The highest BCUT2D eigenvalue weighted by atomic mass is 19.1. The summed E-state index contributed by atoms with van der Waals surface area (Å²) in [6.45, 7) is 5.37. The van der Waals surface area contributed by atoms with Gasteiger partial charge in [-0.05, 0) is 29.7 Å². The Morgan fingerprint density at radius 3 is 2.83 bits per heavy atom. The third-order valence-corrected chi connectivity index (χ3v) is 4.16. The molecule has 0 spiro atoms. The summed E-state index contributed by atoms with van der Waals surface area (Å²) in [6.07, 6.45) is 0. The lowest BCUT2D eigenvalue weighted by Gasteiger charge is -2.25.